The van der Waals surface area contributed by atoms with Crippen molar-refractivity contribution in [2.45, 2.75) is 54.3 Å². The quantitative estimate of drug-likeness (QED) is 0.212. The van der Waals surface area contributed by atoms with Crippen LogP contribution in [0.3, 0.4) is 0 Å². The molecule has 3 unspecified atom stereocenters. The maximum Gasteiger partial charge on any atom is 0.273 e. The number of carbonyl (C=O) groups is 1. The lowest BCUT2D eigenvalue weighted by Crippen LogP contribution is -2.59. The van der Waals surface area contributed by atoms with Gasteiger partial charge in [0.15, 0.2) is 23.7 Å². The Hall–Kier alpha value is -3.53. The number of hydrogen-bond donors (Lipinski definition) is 0. The predicted molar refractivity (Wildman–Crippen MR) is 164 cm³/mol. The molecule has 5 heterocycles. The van der Waals surface area contributed by atoms with Crippen molar-refractivity contribution in [3.63, 3.8) is 0 Å². The normalized spacial score (nSPS) is 25.7. The molecular weight excluding hydrogens is 659 g/mol. The summed E-state index contributed by atoms with van der Waals surface area (Å²) in [5.74, 6) is -4.47. The number of amides is 1. The largest absolute Gasteiger partial charge is 0.373 e. The van der Waals surface area contributed by atoms with Crippen LogP contribution in [-0.4, -0.2) is 80.8 Å². The van der Waals surface area contributed by atoms with Crippen molar-refractivity contribution in [1.82, 2.24) is 24.9 Å². The number of ether oxygens (including phenoxy) is 4. The Bertz CT molecular complexity index is 1740. The van der Waals surface area contributed by atoms with Gasteiger partial charge in [-0.25, -0.2) is 22.8 Å². The maximum absolute atomic E-state index is 14.1. The zero-order valence-corrected chi connectivity index (χ0v) is 26.5. The molecule has 0 radical (unpaired) electrons. The van der Waals surface area contributed by atoms with Crippen LogP contribution in [0.4, 0.5) is 13.2 Å². The first kappa shape index (κ1) is 32.0. The van der Waals surface area contributed by atoms with Crippen LogP contribution >= 0.6 is 23.4 Å². The highest BCUT2D eigenvalue weighted by atomic mass is 35.5. The first-order chi connectivity index (χ1) is 22.8. The number of nitrogens with zero attached hydrogens (tertiary/aromatic N) is 5. The van der Waals surface area contributed by atoms with Gasteiger partial charge in [0.2, 0.25) is 0 Å². The molecule has 3 aliphatic heterocycles. The van der Waals surface area contributed by atoms with E-state index < -0.39 is 53.5 Å². The SMILES string of the molecule is CCOC1[C@@H](Sc2cc(Cl)cnc2C(=O)N2CCC2)OC2COC(c3ccccc3)O[C@@H]2[C@@H]1n1cc(-c2cc(F)c(F)c(F)c2)nn1. The number of halogens is 4. The summed E-state index contributed by atoms with van der Waals surface area (Å²) in [4.78, 5) is 19.9. The van der Waals surface area contributed by atoms with E-state index in [4.69, 9.17) is 30.5 Å². The monoisotopic (exact) mass is 687 g/mol. The van der Waals surface area contributed by atoms with E-state index in [1.807, 2.05) is 37.3 Å². The lowest BCUT2D eigenvalue weighted by Gasteiger charge is -2.49. The number of aromatic nitrogens is 4. The van der Waals surface area contributed by atoms with Crippen molar-refractivity contribution in [3.8, 4) is 11.3 Å². The van der Waals surface area contributed by atoms with Gasteiger partial charge in [-0.15, -0.1) is 5.10 Å². The van der Waals surface area contributed by atoms with E-state index in [2.05, 4.69) is 15.3 Å². The summed E-state index contributed by atoms with van der Waals surface area (Å²) in [6.07, 6.45) is 1.08. The van der Waals surface area contributed by atoms with Crippen LogP contribution in [0.25, 0.3) is 11.3 Å². The Morgan fingerprint density at radius 3 is 2.57 bits per heavy atom. The van der Waals surface area contributed by atoms with Crippen molar-refractivity contribution in [3.05, 3.63) is 94.7 Å². The van der Waals surface area contributed by atoms with Crippen molar-refractivity contribution in [2.75, 3.05) is 26.3 Å². The lowest BCUT2D eigenvalue weighted by atomic mass is 9.95. The fourth-order valence-electron chi connectivity index (χ4n) is 5.84. The lowest BCUT2D eigenvalue weighted by molar-refractivity contribution is -0.309. The molecule has 0 bridgehead atoms. The molecule has 6 atom stereocenters. The second-order valence-electron chi connectivity index (χ2n) is 11.2. The van der Waals surface area contributed by atoms with Gasteiger partial charge in [-0.1, -0.05) is 58.9 Å². The van der Waals surface area contributed by atoms with Crippen LogP contribution in [0.15, 0.2) is 65.8 Å². The van der Waals surface area contributed by atoms with E-state index in [0.717, 1.165) is 24.1 Å². The number of fused-ring (bicyclic) bond motifs is 1. The molecule has 2 aromatic heterocycles. The molecule has 0 spiro atoms. The van der Waals surface area contributed by atoms with E-state index in [9.17, 15) is 18.0 Å². The number of carbonyl (C=O) groups excluding carboxylic acids is 1. The molecule has 15 heteroatoms. The summed E-state index contributed by atoms with van der Waals surface area (Å²) in [6, 6.07) is 12.1. The third-order valence-corrected chi connectivity index (χ3v) is 9.63. The van der Waals surface area contributed by atoms with E-state index in [-0.39, 0.29) is 36.1 Å². The van der Waals surface area contributed by atoms with Crippen molar-refractivity contribution in [1.29, 1.82) is 0 Å². The van der Waals surface area contributed by atoms with Gasteiger partial charge < -0.3 is 23.8 Å². The Morgan fingerprint density at radius 2 is 1.87 bits per heavy atom. The minimum absolute atomic E-state index is 0.00403. The molecule has 7 rings (SSSR count). The first-order valence-electron chi connectivity index (χ1n) is 15.1. The highest BCUT2D eigenvalue weighted by Crippen LogP contribution is 2.45. The fraction of sp³-hybridized carbons (Fsp3) is 0.375. The van der Waals surface area contributed by atoms with Gasteiger partial charge in [-0.2, -0.15) is 0 Å². The molecule has 2 aromatic carbocycles. The Labute approximate surface area is 277 Å². The molecule has 0 N–H and O–H groups in total. The van der Waals surface area contributed by atoms with Crippen molar-refractivity contribution in [2.24, 2.45) is 0 Å². The molecular formula is C32H29ClF3N5O5S. The Morgan fingerprint density at radius 1 is 1.11 bits per heavy atom. The highest BCUT2D eigenvalue weighted by Gasteiger charge is 2.52. The summed E-state index contributed by atoms with van der Waals surface area (Å²) in [6.45, 7) is 3.56. The van der Waals surface area contributed by atoms with Crippen LogP contribution in [0.2, 0.25) is 5.02 Å². The van der Waals surface area contributed by atoms with E-state index >= 15 is 0 Å². The average Bonchev–Trinajstić information content (AvgIpc) is 3.53. The van der Waals surface area contributed by atoms with Crippen molar-refractivity contribution >= 4 is 29.3 Å². The Balaban J connectivity index is 1.27. The molecule has 3 saturated heterocycles. The van der Waals surface area contributed by atoms with Crippen LogP contribution in [0.5, 0.6) is 0 Å². The smallest absolute Gasteiger partial charge is 0.273 e. The summed E-state index contributed by atoms with van der Waals surface area (Å²) < 4.78 is 69.1. The number of hydrogen-bond acceptors (Lipinski definition) is 9. The zero-order valence-electron chi connectivity index (χ0n) is 25.0. The van der Waals surface area contributed by atoms with Crippen LogP contribution in [0.1, 0.15) is 41.7 Å². The Kier molecular flexibility index (Phi) is 9.22. The van der Waals surface area contributed by atoms with E-state index in [1.54, 1.807) is 11.0 Å². The maximum atomic E-state index is 14.1. The molecule has 3 aliphatic rings. The number of rotatable bonds is 8. The second-order valence-corrected chi connectivity index (χ2v) is 12.8. The molecule has 0 aliphatic carbocycles. The molecule has 47 heavy (non-hydrogen) atoms. The van der Waals surface area contributed by atoms with Gasteiger partial charge in [0.05, 0.1) is 17.8 Å². The number of thioether (sulfide) groups is 1. The summed E-state index contributed by atoms with van der Waals surface area (Å²) in [5.41, 5.74) is 0.422. The zero-order chi connectivity index (χ0) is 32.7. The summed E-state index contributed by atoms with van der Waals surface area (Å²) >= 11 is 7.59. The summed E-state index contributed by atoms with van der Waals surface area (Å²) in [7, 11) is 0. The van der Waals surface area contributed by atoms with Gasteiger partial charge >= 0.3 is 0 Å². The fourth-order valence-corrected chi connectivity index (χ4v) is 7.33. The predicted octanol–water partition coefficient (Wildman–Crippen LogP) is 5.83. The number of likely N-dealkylation sites (tertiary alicyclic amines) is 1. The van der Waals surface area contributed by atoms with E-state index in [0.29, 0.717) is 23.0 Å². The minimum Gasteiger partial charge on any atom is -0.373 e. The summed E-state index contributed by atoms with van der Waals surface area (Å²) in [5, 5.41) is 8.84. The van der Waals surface area contributed by atoms with Crippen molar-refractivity contribution < 1.29 is 36.9 Å². The van der Waals surface area contributed by atoms with E-state index in [1.165, 1.54) is 28.8 Å². The second kappa shape index (κ2) is 13.5. The average molecular weight is 688 g/mol. The molecule has 1 amide bonds. The van der Waals surface area contributed by atoms with Gasteiger partial charge in [0, 0.05) is 41.9 Å². The van der Waals surface area contributed by atoms with Crippen LogP contribution in [0, 0.1) is 17.5 Å². The van der Waals surface area contributed by atoms with Crippen LogP contribution in [-0.2, 0) is 18.9 Å². The molecule has 10 nitrogen and oxygen atoms in total. The molecule has 0 saturated carbocycles. The number of benzene rings is 2. The highest BCUT2D eigenvalue weighted by molar-refractivity contribution is 8.00. The standard InChI is InChI=1S/C32H29ClF3N5O5S/c1-2-43-29-27(41-15-22(38-39-41)18-11-20(34)25(36)21(35)12-18)28-23(16-44-31(46-28)17-7-4-3-5-8-17)45-32(29)47-24-13-19(33)14-37-26(24)30(42)40-9-6-10-40/h3-5,7-8,11-15,23,27-29,31-32H,2,6,9-10,16H2,1H3/t23?,27-,28-,29?,31?,32+/m0/s1. The van der Waals surface area contributed by atoms with Gasteiger partial charge in [0.25, 0.3) is 5.91 Å². The van der Waals surface area contributed by atoms with Crippen LogP contribution < -0.4 is 0 Å². The molecule has 4 aromatic rings. The topological polar surface area (TPSA) is 101 Å². The van der Waals surface area contributed by atoms with Gasteiger partial charge in [-0.3, -0.25) is 4.79 Å². The number of pyridine rings is 1. The third-order valence-electron chi connectivity index (χ3n) is 8.24. The minimum atomic E-state index is -1.57. The first-order valence-corrected chi connectivity index (χ1v) is 16.3. The molecule has 246 valence electrons. The van der Waals surface area contributed by atoms with Gasteiger partial charge in [-0.05, 0) is 31.5 Å². The molecule has 3 fully saturated rings. The van der Waals surface area contributed by atoms with Gasteiger partial charge in [0.1, 0.15) is 41.2 Å². The third kappa shape index (κ3) is 6.37.